The standard InChI is InChI=1S/C10H20O3S/c1-5-13-10(11)9(4)14(12)7-6-8(2)3/h8-9H,5-7H2,1-4H3. The normalized spacial score (nSPS) is 15.2. The minimum absolute atomic E-state index is 0.352. The van der Waals surface area contributed by atoms with E-state index in [1.165, 1.54) is 0 Å². The van der Waals surface area contributed by atoms with Gasteiger partial charge < -0.3 is 4.74 Å². The van der Waals surface area contributed by atoms with Gasteiger partial charge in [-0.1, -0.05) is 13.8 Å². The van der Waals surface area contributed by atoms with Gasteiger partial charge in [0, 0.05) is 16.6 Å². The van der Waals surface area contributed by atoms with Gasteiger partial charge in [-0.2, -0.15) is 0 Å². The molecular weight excluding hydrogens is 200 g/mol. The third-order valence-corrected chi connectivity index (χ3v) is 3.53. The zero-order valence-corrected chi connectivity index (χ0v) is 10.2. The molecule has 0 aliphatic carbocycles. The lowest BCUT2D eigenvalue weighted by atomic mass is 10.2. The van der Waals surface area contributed by atoms with Crippen molar-refractivity contribution in [2.45, 2.75) is 39.4 Å². The third-order valence-electron chi connectivity index (χ3n) is 1.91. The molecule has 14 heavy (non-hydrogen) atoms. The van der Waals surface area contributed by atoms with Crippen LogP contribution < -0.4 is 0 Å². The summed E-state index contributed by atoms with van der Waals surface area (Å²) in [4.78, 5) is 11.2. The molecule has 2 atom stereocenters. The highest BCUT2D eigenvalue weighted by Crippen LogP contribution is 2.06. The van der Waals surface area contributed by atoms with Gasteiger partial charge in [-0.3, -0.25) is 9.00 Å². The van der Waals surface area contributed by atoms with Crippen molar-refractivity contribution in [1.29, 1.82) is 0 Å². The van der Waals surface area contributed by atoms with Crippen LogP contribution in [0.15, 0.2) is 0 Å². The minimum Gasteiger partial charge on any atom is -0.465 e. The van der Waals surface area contributed by atoms with Crippen LogP contribution in [0.1, 0.15) is 34.1 Å². The van der Waals surface area contributed by atoms with Crippen molar-refractivity contribution in [2.24, 2.45) is 5.92 Å². The average Bonchev–Trinajstić information content (AvgIpc) is 2.13. The number of hydrogen-bond acceptors (Lipinski definition) is 3. The average molecular weight is 220 g/mol. The van der Waals surface area contributed by atoms with Gasteiger partial charge in [-0.05, 0) is 26.2 Å². The van der Waals surface area contributed by atoms with E-state index in [0.29, 0.717) is 18.3 Å². The van der Waals surface area contributed by atoms with Gasteiger partial charge in [-0.25, -0.2) is 0 Å². The fourth-order valence-electron chi connectivity index (χ4n) is 0.896. The second-order valence-corrected chi connectivity index (χ2v) is 5.54. The van der Waals surface area contributed by atoms with Crippen molar-refractivity contribution < 1.29 is 13.7 Å². The van der Waals surface area contributed by atoms with E-state index in [-0.39, 0.29) is 5.97 Å². The first-order chi connectivity index (χ1) is 6.49. The van der Waals surface area contributed by atoms with Crippen LogP contribution in [-0.4, -0.2) is 27.8 Å². The lowest BCUT2D eigenvalue weighted by Crippen LogP contribution is -2.26. The number of esters is 1. The van der Waals surface area contributed by atoms with Gasteiger partial charge in [0.05, 0.1) is 6.61 Å². The van der Waals surface area contributed by atoms with E-state index in [1.807, 2.05) is 0 Å². The fourth-order valence-corrected chi connectivity index (χ4v) is 2.24. The first kappa shape index (κ1) is 13.6. The maximum absolute atomic E-state index is 11.6. The summed E-state index contributed by atoms with van der Waals surface area (Å²) in [5, 5.41) is -0.492. The molecule has 0 heterocycles. The van der Waals surface area contributed by atoms with Crippen LogP contribution in [0.3, 0.4) is 0 Å². The Kier molecular flexibility index (Phi) is 6.79. The van der Waals surface area contributed by atoms with Crippen molar-refractivity contribution in [3.63, 3.8) is 0 Å². The first-order valence-corrected chi connectivity index (χ1v) is 6.41. The van der Waals surface area contributed by atoms with Gasteiger partial charge in [0.25, 0.3) is 0 Å². The quantitative estimate of drug-likeness (QED) is 0.640. The molecule has 0 aromatic carbocycles. The molecule has 2 unspecified atom stereocenters. The summed E-state index contributed by atoms with van der Waals surface area (Å²) in [5.41, 5.74) is 0. The molecule has 4 heteroatoms. The van der Waals surface area contributed by atoms with Crippen molar-refractivity contribution in [3.8, 4) is 0 Å². The minimum atomic E-state index is -1.09. The molecule has 0 rings (SSSR count). The van der Waals surface area contributed by atoms with E-state index in [9.17, 15) is 9.00 Å². The predicted octanol–water partition coefficient (Wildman–Crippen LogP) is 1.73. The Morgan fingerprint density at radius 1 is 1.36 bits per heavy atom. The Balaban J connectivity index is 3.92. The van der Waals surface area contributed by atoms with Crippen molar-refractivity contribution in [3.05, 3.63) is 0 Å². The molecule has 0 aliphatic rings. The van der Waals surface area contributed by atoms with E-state index in [2.05, 4.69) is 13.8 Å². The lowest BCUT2D eigenvalue weighted by Gasteiger charge is -2.11. The fraction of sp³-hybridized carbons (Fsp3) is 0.900. The molecule has 0 aromatic rings. The Morgan fingerprint density at radius 2 is 1.93 bits per heavy atom. The second-order valence-electron chi connectivity index (χ2n) is 3.66. The molecule has 0 N–H and O–H groups in total. The smallest absolute Gasteiger partial charge is 0.321 e. The number of ether oxygens (including phenoxy) is 1. The summed E-state index contributed by atoms with van der Waals surface area (Å²) >= 11 is 0. The molecule has 0 aliphatic heterocycles. The molecule has 0 fully saturated rings. The van der Waals surface area contributed by atoms with Crippen molar-refractivity contribution in [2.75, 3.05) is 12.4 Å². The Hall–Kier alpha value is -0.380. The van der Waals surface area contributed by atoms with E-state index in [0.717, 1.165) is 6.42 Å². The Morgan fingerprint density at radius 3 is 2.36 bits per heavy atom. The number of carbonyl (C=O) groups excluding carboxylic acids is 1. The predicted molar refractivity (Wildman–Crippen MR) is 58.6 cm³/mol. The maximum atomic E-state index is 11.6. The van der Waals surface area contributed by atoms with Crippen LogP contribution >= 0.6 is 0 Å². The molecular formula is C10H20O3S. The van der Waals surface area contributed by atoms with E-state index >= 15 is 0 Å². The van der Waals surface area contributed by atoms with Crippen molar-refractivity contribution >= 4 is 16.8 Å². The highest BCUT2D eigenvalue weighted by molar-refractivity contribution is 7.86. The third kappa shape index (κ3) is 5.37. The summed E-state index contributed by atoms with van der Waals surface area (Å²) in [6.07, 6.45) is 0.885. The Labute approximate surface area is 88.7 Å². The summed E-state index contributed by atoms with van der Waals surface area (Å²) < 4.78 is 16.4. The molecule has 3 nitrogen and oxygen atoms in total. The van der Waals surface area contributed by atoms with Gasteiger partial charge in [-0.15, -0.1) is 0 Å². The molecule has 0 aromatic heterocycles. The number of hydrogen-bond donors (Lipinski definition) is 0. The summed E-state index contributed by atoms with van der Waals surface area (Å²) in [6.45, 7) is 7.92. The molecule has 0 spiro atoms. The Bertz CT molecular complexity index is 202. The molecule has 0 saturated carbocycles. The van der Waals surface area contributed by atoms with Crippen molar-refractivity contribution in [1.82, 2.24) is 0 Å². The largest absolute Gasteiger partial charge is 0.465 e. The number of carbonyl (C=O) groups is 1. The SMILES string of the molecule is CCOC(=O)C(C)S(=O)CCC(C)C. The molecule has 0 bridgehead atoms. The number of rotatable bonds is 6. The second kappa shape index (κ2) is 6.98. The zero-order valence-electron chi connectivity index (χ0n) is 9.41. The van der Waals surface area contributed by atoms with E-state index < -0.39 is 16.0 Å². The molecule has 0 amide bonds. The zero-order chi connectivity index (χ0) is 11.1. The highest BCUT2D eigenvalue weighted by Gasteiger charge is 2.20. The molecule has 0 saturated heterocycles. The van der Waals surface area contributed by atoms with Gasteiger partial charge >= 0.3 is 5.97 Å². The monoisotopic (exact) mass is 220 g/mol. The van der Waals surface area contributed by atoms with Crippen LogP contribution in [0, 0.1) is 5.92 Å². The van der Waals surface area contributed by atoms with Gasteiger partial charge in [0.2, 0.25) is 0 Å². The van der Waals surface area contributed by atoms with E-state index in [4.69, 9.17) is 4.74 Å². The first-order valence-electron chi connectivity index (χ1n) is 5.02. The summed E-state index contributed by atoms with van der Waals surface area (Å²) in [5.74, 6) is 0.750. The highest BCUT2D eigenvalue weighted by atomic mass is 32.2. The van der Waals surface area contributed by atoms with Gasteiger partial charge in [0.1, 0.15) is 5.25 Å². The van der Waals surface area contributed by atoms with Crippen LogP contribution in [0.25, 0.3) is 0 Å². The van der Waals surface area contributed by atoms with Crippen LogP contribution in [0.5, 0.6) is 0 Å². The van der Waals surface area contributed by atoms with Crippen LogP contribution in [0.2, 0.25) is 0 Å². The topological polar surface area (TPSA) is 43.4 Å². The van der Waals surface area contributed by atoms with Crippen LogP contribution in [-0.2, 0) is 20.3 Å². The molecule has 84 valence electrons. The van der Waals surface area contributed by atoms with E-state index in [1.54, 1.807) is 13.8 Å². The van der Waals surface area contributed by atoms with Gasteiger partial charge in [0.15, 0.2) is 0 Å². The summed E-state index contributed by atoms with van der Waals surface area (Å²) in [7, 11) is -1.09. The maximum Gasteiger partial charge on any atom is 0.321 e. The van der Waals surface area contributed by atoms with Crippen LogP contribution in [0.4, 0.5) is 0 Å². The lowest BCUT2D eigenvalue weighted by molar-refractivity contribution is -0.142. The molecule has 0 radical (unpaired) electrons. The summed E-state index contributed by atoms with van der Waals surface area (Å²) in [6, 6.07) is 0.